The summed E-state index contributed by atoms with van der Waals surface area (Å²) in [6, 6.07) is 5.67. The van der Waals surface area contributed by atoms with Crippen LogP contribution in [0.2, 0.25) is 0 Å². The highest BCUT2D eigenvalue weighted by molar-refractivity contribution is 6.01. The van der Waals surface area contributed by atoms with Crippen molar-refractivity contribution in [2.45, 2.75) is 6.18 Å². The molecule has 29 heavy (non-hydrogen) atoms. The number of fused-ring (bicyclic) bond motifs is 1. The lowest BCUT2D eigenvalue weighted by molar-refractivity contribution is -0.137. The third kappa shape index (κ3) is 3.93. The van der Waals surface area contributed by atoms with Crippen LogP contribution in [-0.4, -0.2) is 39.1 Å². The number of amides is 2. The number of alkyl halides is 3. The van der Waals surface area contributed by atoms with Crippen LogP contribution in [0, 0.1) is 0 Å². The summed E-state index contributed by atoms with van der Waals surface area (Å²) in [4.78, 5) is 30.0. The van der Waals surface area contributed by atoms with Crippen LogP contribution in [0.5, 0.6) is 5.75 Å². The minimum Gasteiger partial charge on any atom is -0.486 e. The van der Waals surface area contributed by atoms with Crippen molar-refractivity contribution in [1.82, 2.24) is 19.9 Å². The molecule has 0 aliphatic carbocycles. The first-order chi connectivity index (χ1) is 13.9. The molecule has 4 rings (SSSR count). The Bertz CT molecular complexity index is 1050. The molecule has 11 heteroatoms. The Hall–Kier alpha value is -3.76. The predicted molar refractivity (Wildman–Crippen MR) is 96.4 cm³/mol. The van der Waals surface area contributed by atoms with Gasteiger partial charge in [-0.05, 0) is 18.2 Å². The first kappa shape index (κ1) is 18.6. The summed E-state index contributed by atoms with van der Waals surface area (Å²) in [5.41, 5.74) is -0.643. The van der Waals surface area contributed by atoms with Gasteiger partial charge >= 0.3 is 12.2 Å². The van der Waals surface area contributed by atoms with E-state index in [1.165, 1.54) is 41.8 Å². The molecule has 1 aliphatic heterocycles. The molecule has 0 bridgehead atoms. The van der Waals surface area contributed by atoms with Gasteiger partial charge in [0.15, 0.2) is 17.4 Å². The highest BCUT2D eigenvalue weighted by atomic mass is 19.4. The van der Waals surface area contributed by atoms with E-state index in [-0.39, 0.29) is 36.1 Å². The van der Waals surface area contributed by atoms with Crippen LogP contribution >= 0.6 is 0 Å². The van der Waals surface area contributed by atoms with Gasteiger partial charge in [0.25, 0.3) is 0 Å². The molecule has 0 spiro atoms. The van der Waals surface area contributed by atoms with Gasteiger partial charge in [0, 0.05) is 11.8 Å². The SMILES string of the molecule is O=C(Nc1ccncn1)N1CCOc2cnc(-c3cccc(C(F)(F)F)c3)nc21. The molecule has 148 valence electrons. The Morgan fingerprint density at radius 1 is 1.21 bits per heavy atom. The third-order valence-corrected chi connectivity index (χ3v) is 4.07. The number of anilines is 2. The number of halogens is 3. The van der Waals surface area contributed by atoms with E-state index >= 15 is 0 Å². The second kappa shape index (κ2) is 7.34. The van der Waals surface area contributed by atoms with Gasteiger partial charge in [-0.15, -0.1) is 0 Å². The Labute approximate surface area is 162 Å². The molecule has 8 nitrogen and oxygen atoms in total. The van der Waals surface area contributed by atoms with E-state index in [0.717, 1.165) is 12.1 Å². The first-order valence-electron chi connectivity index (χ1n) is 8.44. The highest BCUT2D eigenvalue weighted by Gasteiger charge is 2.31. The van der Waals surface area contributed by atoms with Gasteiger partial charge in [0.2, 0.25) is 0 Å². The van der Waals surface area contributed by atoms with Crippen molar-refractivity contribution in [1.29, 1.82) is 0 Å². The van der Waals surface area contributed by atoms with Crippen molar-refractivity contribution in [3.05, 3.63) is 54.6 Å². The van der Waals surface area contributed by atoms with Crippen molar-refractivity contribution in [2.24, 2.45) is 0 Å². The molecule has 1 aromatic carbocycles. The fourth-order valence-electron chi connectivity index (χ4n) is 2.72. The van der Waals surface area contributed by atoms with Crippen LogP contribution in [-0.2, 0) is 6.18 Å². The van der Waals surface area contributed by atoms with E-state index in [0.29, 0.717) is 5.82 Å². The van der Waals surface area contributed by atoms with Crippen molar-refractivity contribution >= 4 is 17.7 Å². The smallest absolute Gasteiger partial charge is 0.416 e. The van der Waals surface area contributed by atoms with E-state index in [1.54, 1.807) is 0 Å². The average molecular weight is 402 g/mol. The molecule has 0 unspecified atom stereocenters. The second-order valence-corrected chi connectivity index (χ2v) is 5.98. The number of aromatic nitrogens is 4. The molecule has 0 atom stereocenters. The minimum absolute atomic E-state index is 0.0418. The van der Waals surface area contributed by atoms with Crippen LogP contribution in [0.4, 0.5) is 29.6 Å². The Morgan fingerprint density at radius 2 is 2.07 bits per heavy atom. The zero-order valence-corrected chi connectivity index (χ0v) is 14.7. The van der Waals surface area contributed by atoms with Crippen LogP contribution in [0.1, 0.15) is 5.56 Å². The molecule has 3 heterocycles. The van der Waals surface area contributed by atoms with Gasteiger partial charge < -0.3 is 4.74 Å². The number of hydrogen-bond acceptors (Lipinski definition) is 6. The first-order valence-corrected chi connectivity index (χ1v) is 8.44. The maximum absolute atomic E-state index is 13.0. The van der Waals surface area contributed by atoms with Crippen molar-refractivity contribution < 1.29 is 22.7 Å². The summed E-state index contributed by atoms with van der Waals surface area (Å²) in [6.07, 6.45) is -0.389. The highest BCUT2D eigenvalue weighted by Crippen LogP contribution is 2.34. The van der Waals surface area contributed by atoms with Crippen molar-refractivity contribution in [3.8, 4) is 17.1 Å². The normalized spacial score (nSPS) is 13.4. The molecule has 0 saturated carbocycles. The Balaban J connectivity index is 1.66. The molecular formula is C18H13F3N6O2. The van der Waals surface area contributed by atoms with Crippen LogP contribution in [0.3, 0.4) is 0 Å². The summed E-state index contributed by atoms with van der Waals surface area (Å²) in [5.74, 6) is 0.750. The molecular weight excluding hydrogens is 389 g/mol. The van der Waals surface area contributed by atoms with Crippen LogP contribution < -0.4 is 15.0 Å². The molecule has 1 N–H and O–H groups in total. The topological polar surface area (TPSA) is 93.1 Å². The van der Waals surface area contributed by atoms with E-state index in [4.69, 9.17) is 4.74 Å². The molecule has 3 aromatic rings. The largest absolute Gasteiger partial charge is 0.486 e. The predicted octanol–water partition coefficient (Wildman–Crippen LogP) is 3.38. The number of carbonyl (C=O) groups is 1. The monoisotopic (exact) mass is 402 g/mol. The maximum Gasteiger partial charge on any atom is 0.416 e. The number of nitrogens with one attached hydrogen (secondary N) is 1. The quantitative estimate of drug-likeness (QED) is 0.706. The zero-order valence-electron chi connectivity index (χ0n) is 14.7. The molecule has 1 aliphatic rings. The second-order valence-electron chi connectivity index (χ2n) is 5.98. The van der Waals surface area contributed by atoms with E-state index in [1.807, 2.05) is 0 Å². The van der Waals surface area contributed by atoms with Crippen molar-refractivity contribution in [2.75, 3.05) is 23.4 Å². The summed E-state index contributed by atoms with van der Waals surface area (Å²) in [6.45, 7) is 0.416. The Morgan fingerprint density at radius 3 is 2.83 bits per heavy atom. The van der Waals surface area contributed by atoms with Gasteiger partial charge in [-0.2, -0.15) is 13.2 Å². The summed E-state index contributed by atoms with van der Waals surface area (Å²) >= 11 is 0. The zero-order chi connectivity index (χ0) is 20.4. The molecule has 0 radical (unpaired) electrons. The van der Waals surface area contributed by atoms with Gasteiger partial charge in [0.05, 0.1) is 18.3 Å². The number of rotatable bonds is 2. The standard InChI is InChI=1S/C18H13F3N6O2/c19-18(20,21)12-3-1-2-11(8-12)15-23-9-13-16(26-15)27(6-7-29-13)17(28)25-14-4-5-22-10-24-14/h1-5,8-10H,6-7H2,(H,22,24,25,28). The van der Waals surface area contributed by atoms with Crippen LogP contribution in [0.15, 0.2) is 49.1 Å². The van der Waals surface area contributed by atoms with E-state index < -0.39 is 17.8 Å². The lowest BCUT2D eigenvalue weighted by atomic mass is 10.1. The number of benzene rings is 1. The molecule has 0 fully saturated rings. The third-order valence-electron chi connectivity index (χ3n) is 4.07. The van der Waals surface area contributed by atoms with Crippen LogP contribution in [0.25, 0.3) is 11.4 Å². The van der Waals surface area contributed by atoms with E-state index in [9.17, 15) is 18.0 Å². The molecule has 0 saturated heterocycles. The summed E-state index contributed by atoms with van der Waals surface area (Å²) in [7, 11) is 0. The van der Waals surface area contributed by atoms with Gasteiger partial charge in [-0.1, -0.05) is 12.1 Å². The van der Waals surface area contributed by atoms with Gasteiger partial charge in [0.1, 0.15) is 18.8 Å². The lowest BCUT2D eigenvalue weighted by Crippen LogP contribution is -2.41. The molecule has 2 amide bonds. The summed E-state index contributed by atoms with van der Waals surface area (Å²) < 4.78 is 44.5. The summed E-state index contributed by atoms with van der Waals surface area (Å²) in [5, 5.41) is 2.61. The number of hydrogen-bond donors (Lipinski definition) is 1. The van der Waals surface area contributed by atoms with E-state index in [2.05, 4.69) is 25.3 Å². The number of carbonyl (C=O) groups excluding carboxylic acids is 1. The number of ether oxygens (including phenoxy) is 1. The molecule has 2 aromatic heterocycles. The van der Waals surface area contributed by atoms with Gasteiger partial charge in [-0.3, -0.25) is 10.2 Å². The Kier molecular flexibility index (Phi) is 4.71. The van der Waals surface area contributed by atoms with Crippen molar-refractivity contribution in [3.63, 3.8) is 0 Å². The lowest BCUT2D eigenvalue weighted by Gasteiger charge is -2.28. The fourth-order valence-corrected chi connectivity index (χ4v) is 2.72. The maximum atomic E-state index is 13.0. The number of nitrogens with zero attached hydrogens (tertiary/aromatic N) is 5. The average Bonchev–Trinajstić information content (AvgIpc) is 2.73. The number of urea groups is 1. The minimum atomic E-state index is -4.49. The fraction of sp³-hybridized carbons (Fsp3) is 0.167. The van der Waals surface area contributed by atoms with Gasteiger partial charge in [-0.25, -0.2) is 24.7 Å².